The molecule has 8 heteroatoms. The number of anilines is 1. The zero-order valence-electron chi connectivity index (χ0n) is 14.2. The maximum atomic E-state index is 6.17. The van der Waals surface area contributed by atoms with Gasteiger partial charge in [0, 0.05) is 10.8 Å². The number of hydrogen-bond acceptors (Lipinski definition) is 7. The van der Waals surface area contributed by atoms with E-state index in [1.807, 2.05) is 23.6 Å². The Balaban J connectivity index is 1.67. The molecule has 2 N–H and O–H groups in total. The van der Waals surface area contributed by atoms with Gasteiger partial charge in [-0.3, -0.25) is 0 Å². The average Bonchev–Trinajstić information content (AvgIpc) is 3.29. The van der Waals surface area contributed by atoms with Crippen LogP contribution >= 0.6 is 11.3 Å². The van der Waals surface area contributed by atoms with Crippen LogP contribution in [-0.4, -0.2) is 26.1 Å². The van der Waals surface area contributed by atoms with E-state index in [0.717, 1.165) is 39.2 Å². The number of rotatable bonds is 3. The van der Waals surface area contributed by atoms with Crippen molar-refractivity contribution >= 4 is 39.1 Å². The molecule has 0 bridgehead atoms. The zero-order valence-corrected chi connectivity index (χ0v) is 15.0. The molecule has 0 saturated carbocycles. The molecule has 1 aliphatic heterocycles. The molecule has 0 amide bonds. The van der Waals surface area contributed by atoms with Crippen molar-refractivity contribution in [1.29, 1.82) is 0 Å². The number of hydrogen-bond donors (Lipinski definition) is 1. The van der Waals surface area contributed by atoms with Crippen molar-refractivity contribution in [3.63, 3.8) is 0 Å². The third-order valence-corrected chi connectivity index (χ3v) is 5.23. The van der Waals surface area contributed by atoms with Crippen LogP contribution in [-0.2, 0) is 18.0 Å². The quantitative estimate of drug-likeness (QED) is 0.598. The Morgan fingerprint density at radius 2 is 2.31 bits per heavy atom. The van der Waals surface area contributed by atoms with Gasteiger partial charge in [-0.15, -0.1) is 11.3 Å². The Hall–Kier alpha value is -2.71. The lowest BCUT2D eigenvalue weighted by atomic mass is 10.1. The summed E-state index contributed by atoms with van der Waals surface area (Å²) in [5, 5.41) is 2.97. The van der Waals surface area contributed by atoms with Crippen molar-refractivity contribution in [2.45, 2.75) is 26.2 Å². The minimum Gasteiger partial charge on any atom is -0.487 e. The second-order valence-electron chi connectivity index (χ2n) is 6.40. The predicted octanol–water partition coefficient (Wildman–Crippen LogP) is 3.29. The molecular formula is C18H17N5O2S. The summed E-state index contributed by atoms with van der Waals surface area (Å²) in [6.07, 6.45) is 0. The summed E-state index contributed by atoms with van der Waals surface area (Å²) >= 11 is 1.56. The van der Waals surface area contributed by atoms with E-state index < -0.39 is 0 Å². The van der Waals surface area contributed by atoms with Crippen LogP contribution in [0.2, 0.25) is 0 Å². The van der Waals surface area contributed by atoms with Crippen LogP contribution in [0, 0.1) is 0 Å². The van der Waals surface area contributed by atoms with Gasteiger partial charge in [0.2, 0.25) is 0 Å². The molecule has 0 unspecified atom stereocenters. The molecule has 26 heavy (non-hydrogen) atoms. The van der Waals surface area contributed by atoms with Crippen LogP contribution in [0.1, 0.15) is 24.5 Å². The van der Waals surface area contributed by atoms with E-state index in [4.69, 9.17) is 15.2 Å². The smallest absolute Gasteiger partial charge is 0.152 e. The first-order chi connectivity index (χ1) is 12.7. The fourth-order valence-corrected chi connectivity index (χ4v) is 3.97. The molecule has 5 rings (SSSR count). The number of thiazole rings is 1. The molecule has 7 nitrogen and oxygen atoms in total. The lowest BCUT2D eigenvalue weighted by Gasteiger charge is -2.23. The van der Waals surface area contributed by atoms with E-state index in [1.165, 1.54) is 0 Å². The van der Waals surface area contributed by atoms with Gasteiger partial charge in [-0.2, -0.15) is 0 Å². The van der Waals surface area contributed by atoms with Crippen LogP contribution in [0.5, 0.6) is 5.75 Å². The van der Waals surface area contributed by atoms with E-state index in [-0.39, 0.29) is 6.04 Å². The Bertz CT molecular complexity index is 1110. The van der Waals surface area contributed by atoms with Crippen LogP contribution in [0.4, 0.5) is 5.82 Å². The molecule has 1 aliphatic rings. The summed E-state index contributed by atoms with van der Waals surface area (Å²) in [5.41, 5.74) is 11.4. The fourth-order valence-electron chi connectivity index (χ4n) is 3.43. The largest absolute Gasteiger partial charge is 0.487 e. The molecule has 4 aromatic rings. The molecular weight excluding hydrogens is 350 g/mol. The molecule has 3 aromatic heterocycles. The fraction of sp³-hybridized carbons (Fsp3) is 0.278. The molecule has 1 aromatic carbocycles. The first-order valence-electron chi connectivity index (χ1n) is 8.38. The van der Waals surface area contributed by atoms with Crippen LogP contribution < -0.4 is 10.5 Å². The van der Waals surface area contributed by atoms with Crippen molar-refractivity contribution in [1.82, 2.24) is 19.5 Å². The van der Waals surface area contributed by atoms with Gasteiger partial charge in [-0.25, -0.2) is 15.0 Å². The number of nitrogens with two attached hydrogens (primary N) is 1. The topological polar surface area (TPSA) is 88.1 Å². The molecule has 1 atom stereocenters. The number of nitrogen functional groups attached to an aromatic ring is 1. The van der Waals surface area contributed by atoms with Gasteiger partial charge in [0.25, 0.3) is 0 Å². The van der Waals surface area contributed by atoms with Gasteiger partial charge in [0.05, 0.1) is 34.9 Å². The second-order valence-corrected chi connectivity index (χ2v) is 7.12. The third kappa shape index (κ3) is 2.41. The molecule has 0 spiro atoms. The minimum atomic E-state index is 0.188. The molecule has 132 valence electrons. The van der Waals surface area contributed by atoms with Crippen LogP contribution in [0.15, 0.2) is 29.1 Å². The number of imidazole rings is 1. The van der Waals surface area contributed by atoms with Gasteiger partial charge >= 0.3 is 0 Å². The highest BCUT2D eigenvalue weighted by Crippen LogP contribution is 2.34. The maximum Gasteiger partial charge on any atom is 0.152 e. The highest BCUT2D eigenvalue weighted by molar-refractivity contribution is 7.07. The normalized spacial score (nSPS) is 16.9. The highest BCUT2D eigenvalue weighted by Gasteiger charge is 2.24. The van der Waals surface area contributed by atoms with Crippen molar-refractivity contribution in [2.75, 3.05) is 12.3 Å². The molecule has 0 radical (unpaired) electrons. The average molecular weight is 367 g/mol. The Labute approximate surface area is 153 Å². The number of pyridine rings is 1. The standard InChI is InChI=1S/C18H17N5O2S/c1-10-5-24-7-15-22-16-17(23(10)15)13-4-12(2-3-14(13)21-18(16)19)25-6-11-8-26-9-20-11/h2-4,8-10H,5-7H2,1H3,(H2,19,21)/t10-/m0/s1. The Kier molecular flexibility index (Phi) is 3.54. The summed E-state index contributed by atoms with van der Waals surface area (Å²) in [6.45, 7) is 3.70. The first kappa shape index (κ1) is 15.5. The SMILES string of the molecule is C[C@H]1COCc2nc3c(N)nc4ccc(OCc5cscn5)cc4c3n21. The van der Waals surface area contributed by atoms with Crippen molar-refractivity contribution in [3.8, 4) is 5.75 Å². The second kappa shape index (κ2) is 5.93. The van der Waals surface area contributed by atoms with E-state index in [0.29, 0.717) is 25.6 Å². The summed E-state index contributed by atoms with van der Waals surface area (Å²) in [5.74, 6) is 2.10. The number of aromatic nitrogens is 4. The number of nitrogens with zero attached hydrogens (tertiary/aromatic N) is 4. The maximum absolute atomic E-state index is 6.17. The van der Waals surface area contributed by atoms with Crippen molar-refractivity contribution < 1.29 is 9.47 Å². The summed E-state index contributed by atoms with van der Waals surface area (Å²) in [4.78, 5) is 13.4. The Morgan fingerprint density at radius 1 is 1.38 bits per heavy atom. The molecule has 0 saturated heterocycles. The van der Waals surface area contributed by atoms with E-state index >= 15 is 0 Å². The van der Waals surface area contributed by atoms with Crippen molar-refractivity contribution in [3.05, 3.63) is 40.6 Å². The number of benzene rings is 1. The predicted molar refractivity (Wildman–Crippen MR) is 100 cm³/mol. The first-order valence-corrected chi connectivity index (χ1v) is 9.32. The Morgan fingerprint density at radius 3 is 3.15 bits per heavy atom. The summed E-state index contributed by atoms with van der Waals surface area (Å²) in [7, 11) is 0. The lowest BCUT2D eigenvalue weighted by Crippen LogP contribution is -2.21. The van der Waals surface area contributed by atoms with Crippen LogP contribution in [0.3, 0.4) is 0 Å². The van der Waals surface area contributed by atoms with E-state index in [1.54, 1.807) is 16.8 Å². The van der Waals surface area contributed by atoms with Crippen molar-refractivity contribution in [2.24, 2.45) is 0 Å². The van der Waals surface area contributed by atoms with Gasteiger partial charge in [-0.1, -0.05) is 0 Å². The summed E-state index contributed by atoms with van der Waals surface area (Å²) < 4.78 is 13.7. The van der Waals surface area contributed by atoms with E-state index in [9.17, 15) is 0 Å². The lowest BCUT2D eigenvalue weighted by molar-refractivity contribution is 0.0622. The molecule has 0 fully saturated rings. The third-order valence-electron chi connectivity index (χ3n) is 4.59. The van der Waals surface area contributed by atoms with Gasteiger partial charge in [0.15, 0.2) is 5.82 Å². The number of fused-ring (bicyclic) bond motifs is 5. The van der Waals surface area contributed by atoms with Gasteiger partial charge in [-0.05, 0) is 25.1 Å². The van der Waals surface area contributed by atoms with Gasteiger partial charge < -0.3 is 19.8 Å². The zero-order chi connectivity index (χ0) is 17.7. The van der Waals surface area contributed by atoms with Gasteiger partial charge in [0.1, 0.15) is 30.3 Å². The molecule has 4 heterocycles. The monoisotopic (exact) mass is 367 g/mol. The number of ether oxygens (including phenoxy) is 2. The summed E-state index contributed by atoms with van der Waals surface area (Å²) in [6, 6.07) is 6.04. The highest BCUT2D eigenvalue weighted by atomic mass is 32.1. The minimum absolute atomic E-state index is 0.188. The van der Waals surface area contributed by atoms with Crippen LogP contribution in [0.25, 0.3) is 21.9 Å². The molecule has 0 aliphatic carbocycles. The van der Waals surface area contributed by atoms with E-state index in [2.05, 4.69) is 26.4 Å².